The Kier molecular flexibility index (Phi) is 4.24. The highest BCUT2D eigenvalue weighted by Crippen LogP contribution is 2.37. The number of amides is 1. The van der Waals surface area contributed by atoms with E-state index in [-0.39, 0.29) is 5.91 Å². The minimum absolute atomic E-state index is 0.0939. The molecule has 0 N–H and O–H groups in total. The second kappa shape index (κ2) is 6.54. The molecule has 3 aromatic rings. The lowest BCUT2D eigenvalue weighted by Gasteiger charge is -2.25. The lowest BCUT2D eigenvalue weighted by Crippen LogP contribution is -2.37. The van der Waals surface area contributed by atoms with E-state index in [1.165, 1.54) is 10.5 Å². The van der Waals surface area contributed by atoms with Crippen LogP contribution in [0.5, 0.6) is 0 Å². The predicted molar refractivity (Wildman–Crippen MR) is 105 cm³/mol. The average molecular weight is 348 g/mol. The van der Waals surface area contributed by atoms with Gasteiger partial charge in [0.2, 0.25) is 0 Å². The van der Waals surface area contributed by atoms with E-state index >= 15 is 0 Å². The van der Waals surface area contributed by atoms with Crippen molar-refractivity contribution < 1.29 is 4.79 Å². The van der Waals surface area contributed by atoms with Crippen molar-refractivity contribution >= 4 is 34.1 Å². The fourth-order valence-electron chi connectivity index (χ4n) is 3.45. The minimum Gasteiger partial charge on any atom is -0.294 e. The van der Waals surface area contributed by atoms with Crippen LogP contribution < -0.4 is 4.90 Å². The molecule has 0 atom stereocenters. The van der Waals surface area contributed by atoms with Gasteiger partial charge in [0.25, 0.3) is 5.91 Å². The maximum atomic E-state index is 12.8. The first-order valence-electron chi connectivity index (χ1n) is 8.32. The first-order chi connectivity index (χ1) is 12.2. The van der Waals surface area contributed by atoms with Gasteiger partial charge in [0, 0.05) is 22.4 Å². The Morgan fingerprint density at radius 1 is 1.00 bits per heavy atom. The number of nitrogens with zero attached hydrogens (tertiary/aromatic N) is 2. The normalized spacial score (nSPS) is 13.2. The number of carbonyl (C=O) groups excluding carboxylic acids is 1. The fraction of sp³-hybridized carbons (Fsp3) is 0.190. The zero-order valence-electron chi connectivity index (χ0n) is 14.4. The Balaban J connectivity index is 1.55. The van der Waals surface area contributed by atoms with Crippen molar-refractivity contribution in [2.75, 3.05) is 24.9 Å². The largest absolute Gasteiger partial charge is 0.294 e. The Labute approximate surface area is 152 Å². The van der Waals surface area contributed by atoms with E-state index in [1.807, 2.05) is 29.2 Å². The number of thioether (sulfide) groups is 1. The lowest BCUT2D eigenvalue weighted by molar-refractivity contribution is 0.0977. The third-order valence-corrected chi connectivity index (χ3v) is 5.39. The summed E-state index contributed by atoms with van der Waals surface area (Å²) >= 11 is 1.75. The second-order valence-corrected chi connectivity index (χ2v) is 7.30. The smallest absolute Gasteiger partial charge is 0.260 e. The highest BCUT2D eigenvalue weighted by Gasteiger charge is 2.29. The van der Waals surface area contributed by atoms with Crippen LogP contribution in [0.4, 0.5) is 5.69 Å². The second-order valence-electron chi connectivity index (χ2n) is 6.42. The molecule has 0 fully saturated rings. The Morgan fingerprint density at radius 2 is 1.72 bits per heavy atom. The molecule has 126 valence electrons. The summed E-state index contributed by atoms with van der Waals surface area (Å²) in [5.41, 5.74) is 3.08. The Morgan fingerprint density at radius 3 is 2.44 bits per heavy atom. The molecule has 0 saturated carbocycles. The van der Waals surface area contributed by atoms with Gasteiger partial charge in [-0.1, -0.05) is 36.4 Å². The summed E-state index contributed by atoms with van der Waals surface area (Å²) < 4.78 is 0. The molecule has 0 aromatic heterocycles. The van der Waals surface area contributed by atoms with Gasteiger partial charge in [-0.25, -0.2) is 0 Å². The van der Waals surface area contributed by atoms with Crippen molar-refractivity contribution in [2.45, 2.75) is 11.4 Å². The third-order valence-electron chi connectivity index (χ3n) is 4.64. The van der Waals surface area contributed by atoms with E-state index < -0.39 is 0 Å². The summed E-state index contributed by atoms with van der Waals surface area (Å²) in [6.45, 7) is 1.39. The molecule has 0 spiro atoms. The van der Waals surface area contributed by atoms with Crippen LogP contribution in [0.3, 0.4) is 0 Å². The number of hydrogen-bond acceptors (Lipinski definition) is 3. The van der Waals surface area contributed by atoms with Crippen LogP contribution in [-0.4, -0.2) is 30.8 Å². The number of anilines is 1. The molecule has 4 rings (SSSR count). The summed E-state index contributed by atoms with van der Waals surface area (Å²) in [5, 5.41) is 2.20. The SMILES string of the molecule is CSc1ccc(CN(C)CN2C(=O)c3cccc4cccc2c34)cc1. The predicted octanol–water partition coefficient (Wildman–Crippen LogP) is 4.61. The lowest BCUT2D eigenvalue weighted by atomic mass is 10.1. The highest BCUT2D eigenvalue weighted by atomic mass is 32.2. The van der Waals surface area contributed by atoms with Crippen molar-refractivity contribution in [1.82, 2.24) is 4.90 Å². The Hall–Kier alpha value is -2.30. The molecule has 4 heteroatoms. The highest BCUT2D eigenvalue weighted by molar-refractivity contribution is 7.98. The van der Waals surface area contributed by atoms with Gasteiger partial charge >= 0.3 is 0 Å². The first kappa shape index (κ1) is 16.2. The number of carbonyl (C=O) groups is 1. The first-order valence-corrected chi connectivity index (χ1v) is 9.55. The van der Waals surface area contributed by atoms with Crippen molar-refractivity contribution in [2.24, 2.45) is 0 Å². The van der Waals surface area contributed by atoms with Gasteiger partial charge < -0.3 is 0 Å². The van der Waals surface area contributed by atoms with E-state index in [4.69, 9.17) is 0 Å². The van der Waals surface area contributed by atoms with Crippen LogP contribution in [0.2, 0.25) is 0 Å². The maximum Gasteiger partial charge on any atom is 0.260 e. The molecule has 1 aliphatic heterocycles. The zero-order valence-corrected chi connectivity index (χ0v) is 15.2. The molecule has 0 radical (unpaired) electrons. The van der Waals surface area contributed by atoms with Gasteiger partial charge in [-0.3, -0.25) is 14.6 Å². The quantitative estimate of drug-likeness (QED) is 0.629. The van der Waals surface area contributed by atoms with Crippen LogP contribution in [0.15, 0.2) is 65.6 Å². The molecule has 1 aliphatic rings. The summed E-state index contributed by atoms with van der Waals surface area (Å²) in [4.78, 5) is 18.2. The van der Waals surface area contributed by atoms with Gasteiger partial charge in [0.05, 0.1) is 12.4 Å². The molecule has 3 nitrogen and oxygen atoms in total. The van der Waals surface area contributed by atoms with Crippen molar-refractivity contribution in [3.05, 3.63) is 71.8 Å². The van der Waals surface area contributed by atoms with Crippen molar-refractivity contribution in [1.29, 1.82) is 0 Å². The number of rotatable bonds is 5. The standard InChI is InChI=1S/C21H20N2OS/c1-22(13-15-9-11-17(25-2)12-10-15)14-23-19-8-4-6-16-5-3-7-18(20(16)19)21(23)24/h3-12H,13-14H2,1-2H3. The van der Waals surface area contributed by atoms with Crippen LogP contribution in [0.25, 0.3) is 10.8 Å². The molecule has 0 saturated heterocycles. The van der Waals surface area contributed by atoms with Crippen LogP contribution in [0.1, 0.15) is 15.9 Å². The molecular formula is C21H20N2OS. The number of hydrogen-bond donors (Lipinski definition) is 0. The van der Waals surface area contributed by atoms with Crippen molar-refractivity contribution in [3.8, 4) is 0 Å². The molecular weight excluding hydrogens is 328 g/mol. The minimum atomic E-state index is 0.0939. The molecule has 25 heavy (non-hydrogen) atoms. The molecule has 0 unspecified atom stereocenters. The van der Waals surface area contributed by atoms with E-state index in [0.29, 0.717) is 6.67 Å². The van der Waals surface area contributed by atoms with Gasteiger partial charge in [-0.15, -0.1) is 11.8 Å². The van der Waals surface area contributed by atoms with Crippen molar-refractivity contribution in [3.63, 3.8) is 0 Å². The molecule has 1 heterocycles. The molecule has 1 amide bonds. The van der Waals surface area contributed by atoms with E-state index in [2.05, 4.69) is 54.6 Å². The molecule has 0 aliphatic carbocycles. The molecule has 3 aromatic carbocycles. The molecule has 0 bridgehead atoms. The number of benzene rings is 3. The van der Waals surface area contributed by atoms with E-state index in [1.54, 1.807) is 11.8 Å². The van der Waals surface area contributed by atoms with Crippen LogP contribution in [-0.2, 0) is 6.54 Å². The van der Waals surface area contributed by atoms with Gasteiger partial charge in [-0.2, -0.15) is 0 Å². The topological polar surface area (TPSA) is 23.6 Å². The van der Waals surface area contributed by atoms with Crippen LogP contribution in [0, 0.1) is 0 Å². The van der Waals surface area contributed by atoms with Crippen LogP contribution >= 0.6 is 11.8 Å². The summed E-state index contributed by atoms with van der Waals surface area (Å²) in [6, 6.07) is 20.7. The fourth-order valence-corrected chi connectivity index (χ4v) is 3.86. The third kappa shape index (κ3) is 2.92. The van der Waals surface area contributed by atoms with E-state index in [9.17, 15) is 4.79 Å². The Bertz CT molecular complexity index is 931. The maximum absolute atomic E-state index is 12.8. The van der Waals surface area contributed by atoms with Gasteiger partial charge in [0.15, 0.2) is 0 Å². The van der Waals surface area contributed by atoms with Gasteiger partial charge in [0.1, 0.15) is 0 Å². The summed E-state index contributed by atoms with van der Waals surface area (Å²) in [7, 11) is 2.05. The zero-order chi connectivity index (χ0) is 17.4. The van der Waals surface area contributed by atoms with Gasteiger partial charge in [-0.05, 0) is 48.5 Å². The van der Waals surface area contributed by atoms with E-state index in [0.717, 1.165) is 28.6 Å². The average Bonchev–Trinajstić information content (AvgIpc) is 2.90. The summed E-state index contributed by atoms with van der Waals surface area (Å²) in [6.07, 6.45) is 2.08. The summed E-state index contributed by atoms with van der Waals surface area (Å²) in [5.74, 6) is 0.0939. The monoisotopic (exact) mass is 348 g/mol.